The number of halogens is 2. The van der Waals surface area contributed by atoms with Crippen molar-refractivity contribution in [3.05, 3.63) is 77.4 Å². The molecule has 138 valence electrons. The molecule has 0 atom stereocenters. The normalized spacial score (nSPS) is 10.0. The van der Waals surface area contributed by atoms with Gasteiger partial charge >= 0.3 is 0 Å². The molecular formula is C21H12F2N2O2S. The second kappa shape index (κ2) is 8.43. The Balaban J connectivity index is 2.16. The first kappa shape index (κ1) is 19.2. The summed E-state index contributed by atoms with van der Waals surface area (Å²) in [5.41, 5.74) is -1.35. The molecule has 3 aromatic rings. The summed E-state index contributed by atoms with van der Waals surface area (Å²) < 4.78 is 40.6. The number of benzene rings is 3. The molecule has 0 radical (unpaired) electrons. The Morgan fingerprint density at radius 2 is 1.43 bits per heavy atom. The van der Waals surface area contributed by atoms with Crippen LogP contribution in [0.25, 0.3) is 0 Å². The quantitative estimate of drug-likeness (QED) is 0.559. The summed E-state index contributed by atoms with van der Waals surface area (Å²) >= 11 is 0.886. The lowest BCUT2D eigenvalue weighted by Crippen LogP contribution is -2.02. The molecule has 3 aromatic carbocycles. The average molecular weight is 394 g/mol. The zero-order valence-corrected chi connectivity index (χ0v) is 15.4. The van der Waals surface area contributed by atoms with Gasteiger partial charge in [0.1, 0.15) is 34.8 Å². The second-order valence-corrected chi connectivity index (χ2v) is 6.54. The Kier molecular flexibility index (Phi) is 5.78. The third-order valence-electron chi connectivity index (χ3n) is 3.76. The standard InChI is InChI=1S/C21H12F2N2O2S/c1-26-13-7-9-15(10-8-13)28-21-19(23)17(12-25)16(11-24)18(22)20(21)27-14-5-3-2-4-6-14/h2-10H,1H3. The van der Waals surface area contributed by atoms with Gasteiger partial charge in [-0.3, -0.25) is 0 Å². The van der Waals surface area contributed by atoms with Gasteiger partial charge in [0, 0.05) is 4.90 Å². The highest BCUT2D eigenvalue weighted by atomic mass is 32.2. The highest BCUT2D eigenvalue weighted by Gasteiger charge is 2.27. The minimum atomic E-state index is -1.08. The van der Waals surface area contributed by atoms with Gasteiger partial charge in [0.15, 0.2) is 17.4 Å². The van der Waals surface area contributed by atoms with Crippen LogP contribution >= 0.6 is 11.8 Å². The van der Waals surface area contributed by atoms with Gasteiger partial charge in [0.05, 0.1) is 12.0 Å². The first-order valence-corrected chi connectivity index (χ1v) is 8.80. The molecule has 0 spiro atoms. The van der Waals surface area contributed by atoms with Gasteiger partial charge in [-0.1, -0.05) is 30.0 Å². The van der Waals surface area contributed by atoms with Crippen molar-refractivity contribution in [2.45, 2.75) is 9.79 Å². The molecule has 7 heteroatoms. The van der Waals surface area contributed by atoms with E-state index in [-0.39, 0.29) is 10.6 Å². The zero-order chi connectivity index (χ0) is 20.1. The Bertz CT molecular complexity index is 1090. The fourth-order valence-corrected chi connectivity index (χ4v) is 3.33. The predicted octanol–water partition coefficient (Wildman–Crippen LogP) is 5.66. The van der Waals surface area contributed by atoms with Crippen molar-refractivity contribution in [3.63, 3.8) is 0 Å². The minimum Gasteiger partial charge on any atom is -0.497 e. The number of rotatable bonds is 5. The van der Waals surface area contributed by atoms with E-state index in [1.54, 1.807) is 66.7 Å². The Morgan fingerprint density at radius 1 is 0.821 bits per heavy atom. The van der Waals surface area contributed by atoms with E-state index in [1.807, 2.05) is 0 Å². The van der Waals surface area contributed by atoms with Gasteiger partial charge in [0.25, 0.3) is 0 Å². The maximum atomic E-state index is 15.0. The van der Waals surface area contributed by atoms with Crippen molar-refractivity contribution < 1.29 is 18.3 Å². The number of methoxy groups -OCH3 is 1. The monoisotopic (exact) mass is 394 g/mol. The van der Waals surface area contributed by atoms with Gasteiger partial charge in [-0.15, -0.1) is 0 Å². The fourth-order valence-electron chi connectivity index (χ4n) is 2.41. The third kappa shape index (κ3) is 3.75. The van der Waals surface area contributed by atoms with E-state index in [2.05, 4.69) is 0 Å². The summed E-state index contributed by atoms with van der Waals surface area (Å²) in [6.07, 6.45) is 0. The van der Waals surface area contributed by atoms with Crippen molar-refractivity contribution in [2.24, 2.45) is 0 Å². The number of hydrogen-bond donors (Lipinski definition) is 0. The maximum Gasteiger partial charge on any atom is 0.186 e. The molecule has 0 aliphatic heterocycles. The molecule has 0 aliphatic carbocycles. The van der Waals surface area contributed by atoms with Crippen LogP contribution in [0.2, 0.25) is 0 Å². The molecule has 0 aliphatic rings. The summed E-state index contributed by atoms with van der Waals surface area (Å²) in [5, 5.41) is 18.4. The van der Waals surface area contributed by atoms with Crippen LogP contribution in [-0.4, -0.2) is 7.11 Å². The third-order valence-corrected chi connectivity index (χ3v) is 4.84. The fraction of sp³-hybridized carbons (Fsp3) is 0.0476. The van der Waals surface area contributed by atoms with Crippen LogP contribution in [0.1, 0.15) is 11.1 Å². The molecule has 0 saturated carbocycles. The van der Waals surface area contributed by atoms with E-state index < -0.39 is 28.5 Å². The topological polar surface area (TPSA) is 66.0 Å². The highest BCUT2D eigenvalue weighted by molar-refractivity contribution is 7.99. The average Bonchev–Trinajstić information content (AvgIpc) is 2.74. The van der Waals surface area contributed by atoms with E-state index in [1.165, 1.54) is 7.11 Å². The minimum absolute atomic E-state index is 0.220. The summed E-state index contributed by atoms with van der Waals surface area (Å²) in [7, 11) is 1.52. The molecule has 0 N–H and O–H groups in total. The van der Waals surface area contributed by atoms with Crippen molar-refractivity contribution in [3.8, 4) is 29.4 Å². The first-order chi connectivity index (χ1) is 13.6. The molecule has 28 heavy (non-hydrogen) atoms. The molecule has 0 heterocycles. The summed E-state index contributed by atoms with van der Waals surface area (Å²) in [6, 6.07) is 18.0. The van der Waals surface area contributed by atoms with Crippen LogP contribution in [0.3, 0.4) is 0 Å². The first-order valence-electron chi connectivity index (χ1n) is 7.99. The van der Waals surface area contributed by atoms with Gasteiger partial charge in [0.2, 0.25) is 0 Å². The maximum absolute atomic E-state index is 15.0. The number of nitrogens with zero attached hydrogens (tertiary/aromatic N) is 2. The number of para-hydroxylation sites is 1. The van der Waals surface area contributed by atoms with Crippen LogP contribution in [0.5, 0.6) is 17.2 Å². The largest absolute Gasteiger partial charge is 0.497 e. The second-order valence-electron chi connectivity index (χ2n) is 5.45. The van der Waals surface area contributed by atoms with Crippen LogP contribution in [0.4, 0.5) is 8.78 Å². The Hall–Kier alpha value is -3.55. The predicted molar refractivity (Wildman–Crippen MR) is 99.4 cm³/mol. The lowest BCUT2D eigenvalue weighted by Gasteiger charge is -2.15. The Labute approximate surface area is 164 Å². The van der Waals surface area contributed by atoms with Crippen LogP contribution in [-0.2, 0) is 0 Å². The van der Waals surface area contributed by atoms with Crippen LogP contribution < -0.4 is 9.47 Å². The van der Waals surface area contributed by atoms with Crippen molar-refractivity contribution in [1.29, 1.82) is 10.5 Å². The molecule has 0 bridgehead atoms. The highest BCUT2D eigenvalue weighted by Crippen LogP contribution is 2.43. The summed E-state index contributed by atoms with van der Waals surface area (Å²) in [4.78, 5) is 0.354. The van der Waals surface area contributed by atoms with E-state index in [9.17, 15) is 14.9 Å². The molecule has 0 saturated heterocycles. The van der Waals surface area contributed by atoms with Crippen molar-refractivity contribution >= 4 is 11.8 Å². The molecule has 0 aromatic heterocycles. The summed E-state index contributed by atoms with van der Waals surface area (Å²) in [5.74, 6) is -1.66. The lowest BCUT2D eigenvalue weighted by molar-refractivity contribution is 0.414. The van der Waals surface area contributed by atoms with Crippen LogP contribution in [0, 0.1) is 34.3 Å². The lowest BCUT2D eigenvalue weighted by atomic mass is 10.1. The van der Waals surface area contributed by atoms with Crippen molar-refractivity contribution in [2.75, 3.05) is 7.11 Å². The van der Waals surface area contributed by atoms with Gasteiger partial charge in [-0.2, -0.15) is 10.5 Å². The molecular weight excluding hydrogens is 382 g/mol. The number of nitriles is 2. The molecule has 3 rings (SSSR count). The number of hydrogen-bond acceptors (Lipinski definition) is 5. The van der Waals surface area contributed by atoms with Gasteiger partial charge in [-0.25, -0.2) is 8.78 Å². The summed E-state index contributed by atoms with van der Waals surface area (Å²) in [6.45, 7) is 0. The SMILES string of the molecule is COc1ccc(Sc2c(F)c(C#N)c(C#N)c(F)c2Oc2ccccc2)cc1. The number of ether oxygens (including phenoxy) is 2. The van der Waals surface area contributed by atoms with Crippen LogP contribution in [0.15, 0.2) is 64.4 Å². The van der Waals surface area contributed by atoms with E-state index in [4.69, 9.17) is 9.47 Å². The van der Waals surface area contributed by atoms with E-state index in [0.717, 1.165) is 11.8 Å². The molecule has 0 amide bonds. The van der Waals surface area contributed by atoms with Gasteiger partial charge in [-0.05, 0) is 36.4 Å². The van der Waals surface area contributed by atoms with Crippen molar-refractivity contribution in [1.82, 2.24) is 0 Å². The molecule has 0 fully saturated rings. The molecule has 0 unspecified atom stereocenters. The Morgan fingerprint density at radius 3 is 2.00 bits per heavy atom. The van der Waals surface area contributed by atoms with E-state index >= 15 is 4.39 Å². The smallest absolute Gasteiger partial charge is 0.186 e. The zero-order valence-electron chi connectivity index (χ0n) is 14.6. The van der Waals surface area contributed by atoms with Gasteiger partial charge < -0.3 is 9.47 Å². The van der Waals surface area contributed by atoms with E-state index in [0.29, 0.717) is 10.6 Å². The molecule has 4 nitrogen and oxygen atoms in total.